The molecule has 0 saturated heterocycles. The van der Waals surface area contributed by atoms with Crippen molar-refractivity contribution in [3.8, 4) is 0 Å². The van der Waals surface area contributed by atoms with Gasteiger partial charge in [-0.25, -0.2) is 8.42 Å². The van der Waals surface area contributed by atoms with Crippen LogP contribution in [-0.4, -0.2) is 46.0 Å². The molecule has 1 atom stereocenters. The van der Waals surface area contributed by atoms with E-state index >= 15 is 0 Å². The van der Waals surface area contributed by atoms with Crippen molar-refractivity contribution in [2.75, 3.05) is 21.3 Å². The molecule has 0 saturated carbocycles. The van der Waals surface area contributed by atoms with Crippen LogP contribution in [-0.2, 0) is 24.4 Å². The number of amides is 1. The number of hydrogen-bond donors (Lipinski definition) is 1. The molecule has 156 valence electrons. The Labute approximate surface area is 174 Å². The standard InChI is InChI=1S/C19H21ClN2O6S/c1-22(28-3)29(25,26)16-10-6-14(7-11-16)19(24)21-17(12-18(23)27-2)13-4-8-15(20)9-5-13/h4-11,17H,12H2,1-3H3,(H,21,24). The topological polar surface area (TPSA) is 102 Å². The lowest BCUT2D eigenvalue weighted by Crippen LogP contribution is -2.30. The molecule has 8 nitrogen and oxygen atoms in total. The van der Waals surface area contributed by atoms with Crippen LogP contribution in [0.5, 0.6) is 0 Å². The van der Waals surface area contributed by atoms with E-state index in [-0.39, 0.29) is 16.9 Å². The Kier molecular flexibility index (Phi) is 7.74. The number of halogens is 1. The molecule has 0 spiro atoms. The fourth-order valence-corrected chi connectivity index (χ4v) is 3.56. The number of ether oxygens (including phenoxy) is 1. The fourth-order valence-electron chi connectivity index (χ4n) is 2.46. The number of carbonyl (C=O) groups is 2. The summed E-state index contributed by atoms with van der Waals surface area (Å²) in [6.45, 7) is 0. The van der Waals surface area contributed by atoms with Crippen molar-refractivity contribution in [2.24, 2.45) is 0 Å². The minimum absolute atomic E-state index is 0.0257. The summed E-state index contributed by atoms with van der Waals surface area (Å²) in [5.74, 6) is -0.966. The molecule has 0 heterocycles. The van der Waals surface area contributed by atoms with Crippen LogP contribution < -0.4 is 5.32 Å². The molecule has 0 aromatic heterocycles. The van der Waals surface area contributed by atoms with E-state index in [4.69, 9.17) is 21.2 Å². The zero-order valence-corrected chi connectivity index (χ0v) is 17.7. The lowest BCUT2D eigenvalue weighted by molar-refractivity contribution is -0.141. The molecule has 0 bridgehead atoms. The van der Waals surface area contributed by atoms with Crippen molar-refractivity contribution in [2.45, 2.75) is 17.4 Å². The minimum atomic E-state index is -3.82. The lowest BCUT2D eigenvalue weighted by atomic mass is 10.0. The van der Waals surface area contributed by atoms with Crippen LogP contribution in [0, 0.1) is 0 Å². The van der Waals surface area contributed by atoms with Crippen LogP contribution >= 0.6 is 11.6 Å². The number of nitrogens with one attached hydrogen (secondary N) is 1. The lowest BCUT2D eigenvalue weighted by Gasteiger charge is -2.19. The van der Waals surface area contributed by atoms with E-state index in [0.717, 1.165) is 4.47 Å². The van der Waals surface area contributed by atoms with Gasteiger partial charge in [0.25, 0.3) is 15.9 Å². The molecule has 1 amide bonds. The summed E-state index contributed by atoms with van der Waals surface area (Å²) >= 11 is 5.89. The van der Waals surface area contributed by atoms with Crippen molar-refractivity contribution >= 4 is 33.5 Å². The molecular weight excluding hydrogens is 420 g/mol. The van der Waals surface area contributed by atoms with Gasteiger partial charge < -0.3 is 10.1 Å². The van der Waals surface area contributed by atoms with E-state index < -0.39 is 27.9 Å². The first-order valence-corrected chi connectivity index (χ1v) is 10.3. The van der Waals surface area contributed by atoms with Crippen LogP contribution in [0.3, 0.4) is 0 Å². The average molecular weight is 441 g/mol. The molecule has 0 radical (unpaired) electrons. The molecule has 2 aromatic carbocycles. The third kappa shape index (κ3) is 5.77. The zero-order valence-electron chi connectivity index (χ0n) is 16.1. The molecule has 2 rings (SSSR count). The van der Waals surface area contributed by atoms with Crippen LogP contribution in [0.4, 0.5) is 0 Å². The Morgan fingerprint density at radius 3 is 2.17 bits per heavy atom. The molecule has 0 aliphatic rings. The van der Waals surface area contributed by atoms with E-state index in [1.54, 1.807) is 24.3 Å². The molecule has 10 heteroatoms. The second kappa shape index (κ2) is 9.84. The van der Waals surface area contributed by atoms with Crippen LogP contribution in [0.25, 0.3) is 0 Å². The van der Waals surface area contributed by atoms with Gasteiger partial charge in [0, 0.05) is 17.6 Å². The van der Waals surface area contributed by atoms with Gasteiger partial charge in [0.05, 0.1) is 31.6 Å². The van der Waals surface area contributed by atoms with E-state index in [1.165, 1.54) is 45.5 Å². The first kappa shape index (κ1) is 22.8. The second-order valence-corrected chi connectivity index (χ2v) is 8.35. The van der Waals surface area contributed by atoms with Crippen molar-refractivity contribution < 1.29 is 27.6 Å². The summed E-state index contributed by atoms with van der Waals surface area (Å²) in [6.07, 6.45) is -0.0744. The van der Waals surface area contributed by atoms with Crippen molar-refractivity contribution in [3.63, 3.8) is 0 Å². The first-order valence-electron chi connectivity index (χ1n) is 8.45. The predicted molar refractivity (Wildman–Crippen MR) is 107 cm³/mol. The summed E-state index contributed by atoms with van der Waals surface area (Å²) < 4.78 is 29.9. The van der Waals surface area contributed by atoms with E-state index in [1.807, 2.05) is 0 Å². The highest BCUT2D eigenvalue weighted by Crippen LogP contribution is 2.21. The monoisotopic (exact) mass is 440 g/mol. The molecule has 0 aliphatic heterocycles. The Bertz CT molecular complexity index is 961. The van der Waals surface area contributed by atoms with Crippen LogP contribution in [0.15, 0.2) is 53.4 Å². The van der Waals surface area contributed by atoms with Gasteiger partial charge in [0.15, 0.2) is 0 Å². The average Bonchev–Trinajstić information content (AvgIpc) is 2.73. The summed E-state index contributed by atoms with van der Waals surface area (Å²) in [6, 6.07) is 11.4. The molecule has 0 aliphatic carbocycles. The quantitative estimate of drug-likeness (QED) is 0.500. The maximum absolute atomic E-state index is 12.6. The molecule has 2 aromatic rings. The van der Waals surface area contributed by atoms with E-state index in [2.05, 4.69) is 5.32 Å². The Morgan fingerprint density at radius 1 is 1.07 bits per heavy atom. The molecular formula is C19H21ClN2O6S. The molecule has 29 heavy (non-hydrogen) atoms. The summed E-state index contributed by atoms with van der Waals surface area (Å²) in [5.41, 5.74) is 0.905. The Morgan fingerprint density at radius 2 is 1.66 bits per heavy atom. The number of methoxy groups -OCH3 is 1. The SMILES string of the molecule is COC(=O)CC(NC(=O)c1ccc(S(=O)(=O)N(C)OC)cc1)c1ccc(Cl)cc1. The number of nitrogens with zero attached hydrogens (tertiary/aromatic N) is 1. The minimum Gasteiger partial charge on any atom is -0.469 e. The highest BCUT2D eigenvalue weighted by Gasteiger charge is 2.23. The normalized spacial score (nSPS) is 12.4. The zero-order chi connectivity index (χ0) is 21.6. The smallest absolute Gasteiger partial charge is 0.307 e. The molecule has 0 fully saturated rings. The number of benzene rings is 2. The van der Waals surface area contributed by atoms with Gasteiger partial charge in [-0.3, -0.25) is 14.4 Å². The van der Waals surface area contributed by atoms with Gasteiger partial charge in [0.2, 0.25) is 0 Å². The maximum atomic E-state index is 12.6. The second-order valence-electron chi connectivity index (χ2n) is 5.98. The van der Waals surface area contributed by atoms with Gasteiger partial charge in [-0.1, -0.05) is 28.2 Å². The highest BCUT2D eigenvalue weighted by atomic mass is 35.5. The number of hydroxylamine groups is 1. The van der Waals surface area contributed by atoms with Gasteiger partial charge in [0.1, 0.15) is 0 Å². The van der Waals surface area contributed by atoms with Crippen molar-refractivity contribution in [1.29, 1.82) is 0 Å². The predicted octanol–water partition coefficient (Wildman–Crippen LogP) is 2.56. The van der Waals surface area contributed by atoms with Gasteiger partial charge in [-0.05, 0) is 42.0 Å². The van der Waals surface area contributed by atoms with Gasteiger partial charge >= 0.3 is 5.97 Å². The van der Waals surface area contributed by atoms with Crippen molar-refractivity contribution in [3.05, 3.63) is 64.7 Å². The fraction of sp³-hybridized carbons (Fsp3) is 0.263. The van der Waals surface area contributed by atoms with E-state index in [9.17, 15) is 18.0 Å². The number of esters is 1. The maximum Gasteiger partial charge on any atom is 0.307 e. The first-order chi connectivity index (χ1) is 13.7. The number of carbonyl (C=O) groups excluding carboxylic acids is 2. The van der Waals surface area contributed by atoms with Crippen molar-refractivity contribution in [1.82, 2.24) is 9.79 Å². The summed E-state index contributed by atoms with van der Waals surface area (Å²) in [5, 5.41) is 3.28. The third-order valence-corrected chi connectivity index (χ3v) is 6.13. The molecule has 1 N–H and O–H groups in total. The van der Waals surface area contributed by atoms with Crippen LogP contribution in [0.1, 0.15) is 28.4 Å². The number of sulfonamides is 1. The summed E-state index contributed by atoms with van der Waals surface area (Å²) in [4.78, 5) is 29.1. The van der Waals surface area contributed by atoms with Gasteiger partial charge in [-0.15, -0.1) is 0 Å². The highest BCUT2D eigenvalue weighted by molar-refractivity contribution is 7.89. The Balaban J connectivity index is 2.22. The number of rotatable bonds is 8. The summed E-state index contributed by atoms with van der Waals surface area (Å²) in [7, 11) is -0.0550. The molecule has 1 unspecified atom stereocenters. The van der Waals surface area contributed by atoms with Crippen LogP contribution in [0.2, 0.25) is 5.02 Å². The third-order valence-electron chi connectivity index (χ3n) is 4.19. The van der Waals surface area contributed by atoms with E-state index in [0.29, 0.717) is 10.6 Å². The van der Waals surface area contributed by atoms with Gasteiger partial charge in [-0.2, -0.15) is 0 Å². The Hall–Kier alpha value is -2.46. The number of hydrogen-bond acceptors (Lipinski definition) is 6. The largest absolute Gasteiger partial charge is 0.469 e.